The van der Waals surface area contributed by atoms with Crippen LogP contribution in [-0.4, -0.2) is 31.2 Å². The van der Waals surface area contributed by atoms with Crippen LogP contribution in [0, 0.1) is 5.82 Å². The first kappa shape index (κ1) is 20.3. The van der Waals surface area contributed by atoms with E-state index in [1.807, 2.05) is 6.07 Å². The number of ether oxygens (including phenoxy) is 1. The van der Waals surface area contributed by atoms with E-state index >= 15 is 0 Å². The molecule has 0 unspecified atom stereocenters. The van der Waals surface area contributed by atoms with Crippen molar-refractivity contribution in [3.63, 3.8) is 0 Å². The summed E-state index contributed by atoms with van der Waals surface area (Å²) in [7, 11) is 1.57. The van der Waals surface area contributed by atoms with Gasteiger partial charge < -0.3 is 15.0 Å². The zero-order chi connectivity index (χ0) is 21.8. The highest BCUT2D eigenvalue weighted by Gasteiger charge is 2.26. The number of hydrogen-bond acceptors (Lipinski definition) is 4. The van der Waals surface area contributed by atoms with E-state index in [1.54, 1.807) is 61.7 Å². The van der Waals surface area contributed by atoms with Crippen molar-refractivity contribution in [2.45, 2.75) is 6.42 Å². The van der Waals surface area contributed by atoms with Gasteiger partial charge in [-0.3, -0.25) is 14.6 Å². The van der Waals surface area contributed by atoms with Gasteiger partial charge in [-0.15, -0.1) is 0 Å². The number of fused-ring (bicyclic) bond motifs is 1. The van der Waals surface area contributed by atoms with Gasteiger partial charge in [0.1, 0.15) is 18.1 Å². The standard InChI is InChI=1S/C24H20FN3O3/c1-31-19-12-10-18(11-13-19)26-23(29)15-28-22-5-3-2-4-20(22)27-21(14-24(28)30)16-6-8-17(25)9-7-16/h2-13H,14-15H2,1H3,(H,26,29). The van der Waals surface area contributed by atoms with Crippen LogP contribution in [0.15, 0.2) is 77.8 Å². The van der Waals surface area contributed by atoms with Crippen molar-refractivity contribution in [3.8, 4) is 5.75 Å². The molecule has 3 aromatic rings. The molecule has 0 aromatic heterocycles. The van der Waals surface area contributed by atoms with Gasteiger partial charge in [-0.05, 0) is 54.1 Å². The summed E-state index contributed by atoms with van der Waals surface area (Å²) in [6.07, 6.45) is -0.00384. The summed E-state index contributed by atoms with van der Waals surface area (Å²) in [5, 5.41) is 2.79. The molecule has 0 aliphatic carbocycles. The van der Waals surface area contributed by atoms with Crippen LogP contribution in [0.3, 0.4) is 0 Å². The van der Waals surface area contributed by atoms with Gasteiger partial charge in [-0.25, -0.2) is 4.39 Å². The van der Waals surface area contributed by atoms with Crippen molar-refractivity contribution >= 4 is 34.6 Å². The molecule has 6 nitrogen and oxygen atoms in total. The number of anilines is 2. The average molecular weight is 417 g/mol. The Kier molecular flexibility index (Phi) is 5.75. The van der Waals surface area contributed by atoms with Crippen LogP contribution >= 0.6 is 0 Å². The van der Waals surface area contributed by atoms with Gasteiger partial charge in [0.2, 0.25) is 11.8 Å². The number of nitrogens with zero attached hydrogens (tertiary/aromatic N) is 2. The Hall–Kier alpha value is -4.00. The molecule has 3 aromatic carbocycles. The molecule has 0 atom stereocenters. The van der Waals surface area contributed by atoms with Crippen LogP contribution in [0.25, 0.3) is 0 Å². The van der Waals surface area contributed by atoms with Crippen LogP contribution in [-0.2, 0) is 9.59 Å². The zero-order valence-corrected chi connectivity index (χ0v) is 16.8. The van der Waals surface area contributed by atoms with Crippen LogP contribution in [0.2, 0.25) is 0 Å². The molecule has 31 heavy (non-hydrogen) atoms. The highest BCUT2D eigenvalue weighted by Crippen LogP contribution is 2.33. The third-order valence-corrected chi connectivity index (χ3v) is 4.90. The molecule has 4 rings (SSSR count). The maximum atomic E-state index is 13.3. The molecule has 1 aliphatic rings. The average Bonchev–Trinajstić information content (AvgIpc) is 2.91. The van der Waals surface area contributed by atoms with E-state index in [9.17, 15) is 14.0 Å². The second kappa shape index (κ2) is 8.79. The lowest BCUT2D eigenvalue weighted by molar-refractivity contribution is -0.120. The molecule has 0 radical (unpaired) electrons. The molecule has 0 bridgehead atoms. The van der Waals surface area contributed by atoms with Gasteiger partial charge in [0, 0.05) is 5.69 Å². The smallest absolute Gasteiger partial charge is 0.244 e. The number of amides is 2. The van der Waals surface area contributed by atoms with Gasteiger partial charge in [-0.1, -0.05) is 24.3 Å². The molecule has 0 saturated heterocycles. The Bertz CT molecular complexity index is 1140. The van der Waals surface area contributed by atoms with Crippen LogP contribution in [0.4, 0.5) is 21.5 Å². The molecule has 0 spiro atoms. The first-order valence-corrected chi connectivity index (χ1v) is 9.70. The van der Waals surface area contributed by atoms with Crippen LogP contribution in [0.5, 0.6) is 5.75 Å². The summed E-state index contributed by atoms with van der Waals surface area (Å²) in [6.45, 7) is -0.159. The molecule has 156 valence electrons. The number of carbonyl (C=O) groups is 2. The Balaban J connectivity index is 1.57. The van der Waals surface area contributed by atoms with Gasteiger partial charge in [-0.2, -0.15) is 0 Å². The van der Waals surface area contributed by atoms with Gasteiger partial charge in [0.05, 0.1) is 30.6 Å². The quantitative estimate of drug-likeness (QED) is 0.672. The Morgan fingerprint density at radius 3 is 2.48 bits per heavy atom. The summed E-state index contributed by atoms with van der Waals surface area (Å²) >= 11 is 0. The first-order valence-electron chi connectivity index (χ1n) is 9.70. The number of halogens is 1. The van der Waals surface area contributed by atoms with Gasteiger partial charge in [0.25, 0.3) is 0 Å². The molecule has 0 fully saturated rings. The van der Waals surface area contributed by atoms with Crippen molar-refractivity contribution in [2.24, 2.45) is 4.99 Å². The summed E-state index contributed by atoms with van der Waals surface area (Å²) in [5.74, 6) is -0.280. The number of rotatable bonds is 5. The SMILES string of the molecule is COc1ccc(NC(=O)CN2C(=O)CC(c3ccc(F)cc3)=Nc3ccccc32)cc1. The van der Waals surface area contributed by atoms with Gasteiger partial charge >= 0.3 is 0 Å². The summed E-state index contributed by atoms with van der Waals surface area (Å²) in [4.78, 5) is 31.8. The predicted octanol–water partition coefficient (Wildman–Crippen LogP) is 4.33. The fraction of sp³-hybridized carbons (Fsp3) is 0.125. The van der Waals surface area contributed by atoms with Gasteiger partial charge in [0.15, 0.2) is 0 Å². The lowest BCUT2D eigenvalue weighted by atomic mass is 10.1. The fourth-order valence-corrected chi connectivity index (χ4v) is 3.35. The van der Waals surface area contributed by atoms with Crippen molar-refractivity contribution < 1.29 is 18.7 Å². The maximum absolute atomic E-state index is 13.3. The van der Waals surface area contributed by atoms with Crippen molar-refractivity contribution in [1.82, 2.24) is 0 Å². The van der Waals surface area contributed by atoms with Crippen molar-refractivity contribution in [3.05, 3.63) is 84.2 Å². The van der Waals surface area contributed by atoms with E-state index in [2.05, 4.69) is 10.3 Å². The molecule has 1 aliphatic heterocycles. The largest absolute Gasteiger partial charge is 0.497 e. The van der Waals surface area contributed by atoms with Crippen molar-refractivity contribution in [2.75, 3.05) is 23.9 Å². The number of carbonyl (C=O) groups excluding carboxylic acids is 2. The molecular formula is C24H20FN3O3. The molecule has 1 N–H and O–H groups in total. The fourth-order valence-electron chi connectivity index (χ4n) is 3.35. The Morgan fingerprint density at radius 1 is 1.06 bits per heavy atom. The Labute approximate surface area is 179 Å². The molecule has 2 amide bonds. The lowest BCUT2D eigenvalue weighted by Crippen LogP contribution is -2.38. The zero-order valence-electron chi connectivity index (χ0n) is 16.8. The monoisotopic (exact) mass is 417 g/mol. The molecule has 1 heterocycles. The highest BCUT2D eigenvalue weighted by atomic mass is 19.1. The van der Waals surface area contributed by atoms with E-state index in [1.165, 1.54) is 17.0 Å². The minimum absolute atomic E-state index is 0.00384. The molecule has 0 saturated carbocycles. The lowest BCUT2D eigenvalue weighted by Gasteiger charge is -2.22. The van der Waals surface area contributed by atoms with E-state index in [-0.39, 0.29) is 30.6 Å². The Morgan fingerprint density at radius 2 is 1.77 bits per heavy atom. The van der Waals surface area contributed by atoms with E-state index in [0.29, 0.717) is 34.1 Å². The molecular weight excluding hydrogens is 397 g/mol. The predicted molar refractivity (Wildman–Crippen MR) is 118 cm³/mol. The van der Waals surface area contributed by atoms with E-state index < -0.39 is 0 Å². The topological polar surface area (TPSA) is 71.0 Å². The normalized spacial score (nSPS) is 13.2. The highest BCUT2D eigenvalue weighted by molar-refractivity contribution is 6.18. The third kappa shape index (κ3) is 4.61. The van der Waals surface area contributed by atoms with Crippen LogP contribution < -0.4 is 15.0 Å². The second-order valence-electron chi connectivity index (χ2n) is 6.99. The minimum atomic E-state index is -0.360. The first-order chi connectivity index (χ1) is 15.0. The summed E-state index contributed by atoms with van der Waals surface area (Å²) in [5.41, 5.74) is 2.91. The second-order valence-corrected chi connectivity index (χ2v) is 6.99. The molecule has 7 heteroatoms. The number of nitrogens with one attached hydrogen (secondary N) is 1. The van der Waals surface area contributed by atoms with E-state index in [4.69, 9.17) is 4.74 Å². The van der Waals surface area contributed by atoms with E-state index in [0.717, 1.165) is 0 Å². The van der Waals surface area contributed by atoms with Crippen molar-refractivity contribution in [1.29, 1.82) is 0 Å². The number of benzene rings is 3. The summed E-state index contributed by atoms with van der Waals surface area (Å²) < 4.78 is 18.4. The van der Waals surface area contributed by atoms with Crippen LogP contribution in [0.1, 0.15) is 12.0 Å². The third-order valence-electron chi connectivity index (χ3n) is 4.90. The number of methoxy groups -OCH3 is 1. The summed E-state index contributed by atoms with van der Waals surface area (Å²) in [6, 6.07) is 19.9. The number of para-hydroxylation sites is 2. The minimum Gasteiger partial charge on any atom is -0.497 e. The number of hydrogen-bond donors (Lipinski definition) is 1. The maximum Gasteiger partial charge on any atom is 0.244 e. The number of aliphatic imine (C=N–C) groups is 1.